The average Bonchev–Trinajstić information content (AvgIpc) is 2.82. The highest BCUT2D eigenvalue weighted by atomic mass is 16.2. The summed E-state index contributed by atoms with van der Waals surface area (Å²) in [7, 11) is 0. The molecule has 3 N–H and O–H groups in total. The molecule has 1 heterocycles. The molecule has 0 bridgehead atoms. The number of carbonyl (C=O) groups excluding carboxylic acids is 3. The Morgan fingerprint density at radius 1 is 1.06 bits per heavy atom. The molecule has 8 heteroatoms. The summed E-state index contributed by atoms with van der Waals surface area (Å²) in [4.78, 5) is 37.2. The molecular formula is C24H27N5O3. The first-order valence-corrected chi connectivity index (χ1v) is 10.7. The van der Waals surface area contributed by atoms with Gasteiger partial charge in [0.2, 0.25) is 17.7 Å². The number of hydrogen-bond donors (Lipinski definition) is 3. The third kappa shape index (κ3) is 6.74. The zero-order chi connectivity index (χ0) is 22.8. The monoisotopic (exact) mass is 433 g/mol. The lowest BCUT2D eigenvalue weighted by Gasteiger charge is -2.35. The van der Waals surface area contributed by atoms with Crippen molar-refractivity contribution in [3.8, 4) is 6.07 Å². The highest BCUT2D eigenvalue weighted by Gasteiger charge is 2.30. The fraction of sp³-hybridized carbons (Fsp3) is 0.333. The summed E-state index contributed by atoms with van der Waals surface area (Å²) in [6.07, 6.45) is 1.62. The maximum atomic E-state index is 12.9. The van der Waals surface area contributed by atoms with Crippen molar-refractivity contribution in [3.05, 3.63) is 71.8 Å². The second-order valence-electron chi connectivity index (χ2n) is 7.62. The lowest BCUT2D eigenvalue weighted by Crippen LogP contribution is -2.57. The number of nitrogens with one attached hydrogen (secondary N) is 3. The number of hydrazine groups is 1. The molecule has 1 aliphatic heterocycles. The number of benzene rings is 2. The SMILES string of the molecule is N#CC(NC(=O)[C@@H]1CCCNN1CCC(=O)NC(=O)Cc1ccccc1)c1ccccc1. The van der Waals surface area contributed by atoms with Gasteiger partial charge in [0.1, 0.15) is 12.1 Å². The third-order valence-electron chi connectivity index (χ3n) is 5.26. The van der Waals surface area contributed by atoms with Gasteiger partial charge in [0.25, 0.3) is 0 Å². The predicted octanol–water partition coefficient (Wildman–Crippen LogP) is 1.61. The Morgan fingerprint density at radius 3 is 2.44 bits per heavy atom. The zero-order valence-corrected chi connectivity index (χ0v) is 17.8. The fourth-order valence-corrected chi connectivity index (χ4v) is 3.63. The van der Waals surface area contributed by atoms with E-state index in [-0.39, 0.29) is 31.2 Å². The molecule has 1 aliphatic rings. The van der Waals surface area contributed by atoms with Crippen molar-refractivity contribution in [1.29, 1.82) is 5.26 Å². The number of amides is 3. The molecule has 2 aromatic rings. The van der Waals surface area contributed by atoms with Crippen LogP contribution in [0.25, 0.3) is 0 Å². The number of nitriles is 1. The van der Waals surface area contributed by atoms with Crippen LogP contribution in [0.5, 0.6) is 0 Å². The fourth-order valence-electron chi connectivity index (χ4n) is 3.63. The maximum Gasteiger partial charge on any atom is 0.240 e. The van der Waals surface area contributed by atoms with Gasteiger partial charge in [-0.2, -0.15) is 5.26 Å². The summed E-state index contributed by atoms with van der Waals surface area (Å²) < 4.78 is 0. The first-order valence-electron chi connectivity index (χ1n) is 10.7. The number of hydrogen-bond acceptors (Lipinski definition) is 6. The quantitative estimate of drug-likeness (QED) is 0.583. The molecule has 8 nitrogen and oxygen atoms in total. The van der Waals surface area contributed by atoms with Gasteiger partial charge in [-0.05, 0) is 24.0 Å². The minimum Gasteiger partial charge on any atom is -0.335 e. The van der Waals surface area contributed by atoms with Crippen molar-refractivity contribution in [2.45, 2.75) is 37.8 Å². The lowest BCUT2D eigenvalue weighted by molar-refractivity contribution is -0.133. The standard InChI is InChI=1S/C24H27N5O3/c25-17-20(19-10-5-2-6-11-19)27-24(32)21-12-7-14-26-29(21)15-13-22(30)28-23(31)16-18-8-3-1-4-9-18/h1-6,8-11,20-21,26H,7,12-16H2,(H,27,32)(H,28,30,31)/t20?,21-/m0/s1. The van der Waals surface area contributed by atoms with Crippen LogP contribution in [0.1, 0.15) is 36.4 Å². The van der Waals surface area contributed by atoms with Crippen molar-refractivity contribution < 1.29 is 14.4 Å². The minimum atomic E-state index is -0.744. The van der Waals surface area contributed by atoms with Gasteiger partial charge in [-0.1, -0.05) is 60.7 Å². The molecule has 0 spiro atoms. The van der Waals surface area contributed by atoms with Gasteiger partial charge in [0.05, 0.1) is 12.5 Å². The summed E-state index contributed by atoms with van der Waals surface area (Å²) in [6.45, 7) is 0.962. The van der Waals surface area contributed by atoms with Gasteiger partial charge in [-0.15, -0.1) is 0 Å². The molecule has 166 valence electrons. The lowest BCUT2D eigenvalue weighted by atomic mass is 10.0. The van der Waals surface area contributed by atoms with Crippen LogP contribution in [0.3, 0.4) is 0 Å². The van der Waals surface area contributed by atoms with Crippen LogP contribution in [0.2, 0.25) is 0 Å². The summed E-state index contributed by atoms with van der Waals surface area (Å²) in [6, 6.07) is 19.1. The van der Waals surface area contributed by atoms with Crippen LogP contribution in [0, 0.1) is 11.3 Å². The highest BCUT2D eigenvalue weighted by Crippen LogP contribution is 2.15. The molecule has 0 aliphatic carbocycles. The van der Waals surface area contributed by atoms with Crippen LogP contribution in [-0.4, -0.2) is 41.9 Å². The van der Waals surface area contributed by atoms with Gasteiger partial charge >= 0.3 is 0 Å². The van der Waals surface area contributed by atoms with Gasteiger partial charge in [0.15, 0.2) is 0 Å². The highest BCUT2D eigenvalue weighted by molar-refractivity contribution is 5.96. The minimum absolute atomic E-state index is 0.0671. The number of imide groups is 1. The number of nitrogens with zero attached hydrogens (tertiary/aromatic N) is 2. The van der Waals surface area contributed by atoms with E-state index in [0.717, 1.165) is 17.5 Å². The molecule has 1 saturated heterocycles. The van der Waals surface area contributed by atoms with E-state index < -0.39 is 18.0 Å². The molecule has 2 aromatic carbocycles. The molecule has 0 saturated carbocycles. The molecule has 3 amide bonds. The summed E-state index contributed by atoms with van der Waals surface area (Å²) in [5, 5.41) is 16.4. The summed E-state index contributed by atoms with van der Waals surface area (Å²) >= 11 is 0. The first-order chi connectivity index (χ1) is 15.6. The van der Waals surface area contributed by atoms with Crippen LogP contribution >= 0.6 is 0 Å². The average molecular weight is 434 g/mol. The van der Waals surface area contributed by atoms with Crippen molar-refractivity contribution in [2.75, 3.05) is 13.1 Å². The zero-order valence-electron chi connectivity index (χ0n) is 17.8. The van der Waals surface area contributed by atoms with Crippen molar-refractivity contribution in [3.63, 3.8) is 0 Å². The van der Waals surface area contributed by atoms with E-state index in [9.17, 15) is 19.6 Å². The van der Waals surface area contributed by atoms with E-state index in [4.69, 9.17) is 0 Å². The Morgan fingerprint density at radius 2 is 1.75 bits per heavy atom. The molecule has 2 atom stereocenters. The number of carbonyl (C=O) groups is 3. The smallest absolute Gasteiger partial charge is 0.240 e. The van der Waals surface area contributed by atoms with E-state index in [0.29, 0.717) is 13.0 Å². The second kappa shape index (κ2) is 11.7. The Balaban J connectivity index is 1.51. The molecule has 1 unspecified atom stereocenters. The van der Waals surface area contributed by atoms with Gasteiger partial charge in [-0.25, -0.2) is 5.01 Å². The molecule has 1 fully saturated rings. The Bertz CT molecular complexity index is 959. The van der Waals surface area contributed by atoms with E-state index in [1.54, 1.807) is 17.1 Å². The third-order valence-corrected chi connectivity index (χ3v) is 5.26. The first kappa shape index (κ1) is 23.1. The molecular weight excluding hydrogens is 406 g/mol. The molecule has 0 aromatic heterocycles. The Labute approximate surface area is 187 Å². The van der Waals surface area contributed by atoms with E-state index in [1.165, 1.54) is 0 Å². The molecule has 32 heavy (non-hydrogen) atoms. The second-order valence-corrected chi connectivity index (χ2v) is 7.62. The predicted molar refractivity (Wildman–Crippen MR) is 119 cm³/mol. The molecule has 3 rings (SSSR count). The normalized spacial score (nSPS) is 17.0. The van der Waals surface area contributed by atoms with Crippen molar-refractivity contribution >= 4 is 17.7 Å². The molecule has 0 radical (unpaired) electrons. The topological polar surface area (TPSA) is 114 Å². The van der Waals surface area contributed by atoms with Crippen LogP contribution < -0.4 is 16.1 Å². The van der Waals surface area contributed by atoms with Gasteiger partial charge in [-0.3, -0.25) is 25.1 Å². The maximum absolute atomic E-state index is 12.9. The van der Waals surface area contributed by atoms with E-state index in [2.05, 4.69) is 22.1 Å². The van der Waals surface area contributed by atoms with Crippen LogP contribution in [0.15, 0.2) is 60.7 Å². The summed E-state index contributed by atoms with van der Waals surface area (Å²) in [5.74, 6) is -1.02. The Kier molecular flexibility index (Phi) is 8.49. The van der Waals surface area contributed by atoms with Gasteiger partial charge in [0, 0.05) is 19.5 Å². The van der Waals surface area contributed by atoms with E-state index in [1.807, 2.05) is 48.5 Å². The summed E-state index contributed by atoms with van der Waals surface area (Å²) in [5.41, 5.74) is 4.70. The van der Waals surface area contributed by atoms with Crippen LogP contribution in [-0.2, 0) is 20.8 Å². The van der Waals surface area contributed by atoms with Crippen LogP contribution in [0.4, 0.5) is 0 Å². The largest absolute Gasteiger partial charge is 0.335 e. The van der Waals surface area contributed by atoms with Crippen molar-refractivity contribution in [2.24, 2.45) is 0 Å². The van der Waals surface area contributed by atoms with E-state index >= 15 is 0 Å². The number of rotatable bonds is 8. The Hall–Kier alpha value is -3.54. The van der Waals surface area contributed by atoms with Gasteiger partial charge < -0.3 is 5.32 Å². The van der Waals surface area contributed by atoms with Crippen molar-refractivity contribution in [1.82, 2.24) is 21.1 Å².